The highest BCUT2D eigenvalue weighted by atomic mass is 14.9. The summed E-state index contributed by atoms with van der Waals surface area (Å²) in [5.41, 5.74) is 9.08. The molecule has 3 N–H and O–H groups in total. The van der Waals surface area contributed by atoms with E-state index in [4.69, 9.17) is 5.73 Å². The van der Waals surface area contributed by atoms with Gasteiger partial charge >= 0.3 is 0 Å². The van der Waals surface area contributed by atoms with E-state index in [0.29, 0.717) is 0 Å². The van der Waals surface area contributed by atoms with Gasteiger partial charge in [0, 0.05) is 42.1 Å². The molecule has 4 heteroatoms. The van der Waals surface area contributed by atoms with Gasteiger partial charge in [-0.15, -0.1) is 0 Å². The molecule has 94 valence electrons. The quantitative estimate of drug-likeness (QED) is 0.841. The van der Waals surface area contributed by atoms with Crippen molar-refractivity contribution in [2.75, 3.05) is 12.3 Å². The van der Waals surface area contributed by atoms with Crippen molar-refractivity contribution in [3.05, 3.63) is 54.1 Å². The van der Waals surface area contributed by atoms with Crippen molar-refractivity contribution >= 4 is 5.69 Å². The Hall–Kier alpha value is -1.94. The molecule has 1 unspecified atom stereocenters. The summed E-state index contributed by atoms with van der Waals surface area (Å²) in [6.07, 6.45) is 8.06. The number of rotatable bonds is 5. The summed E-state index contributed by atoms with van der Waals surface area (Å²) in [4.78, 5) is 8.19. The number of pyridine rings is 2. The zero-order valence-electron chi connectivity index (χ0n) is 10.5. The molecule has 4 nitrogen and oxygen atoms in total. The highest BCUT2D eigenvalue weighted by molar-refractivity contribution is 5.46. The third kappa shape index (κ3) is 3.05. The van der Waals surface area contributed by atoms with Crippen LogP contribution in [0.4, 0.5) is 5.69 Å². The molecule has 0 radical (unpaired) electrons. The highest BCUT2D eigenvalue weighted by Crippen LogP contribution is 2.22. The van der Waals surface area contributed by atoms with Crippen molar-refractivity contribution in [3.63, 3.8) is 0 Å². The van der Waals surface area contributed by atoms with Crippen LogP contribution in [0.15, 0.2) is 43.0 Å². The molecule has 0 bridgehead atoms. The summed E-state index contributed by atoms with van der Waals surface area (Å²) in [5.74, 6) is 0. The molecule has 0 aromatic carbocycles. The van der Waals surface area contributed by atoms with Gasteiger partial charge in [0.2, 0.25) is 0 Å². The third-order valence-corrected chi connectivity index (χ3v) is 2.90. The number of likely N-dealkylation sites (N-methyl/N-ethyl adjacent to an activating group) is 1. The minimum absolute atomic E-state index is 0.186. The summed E-state index contributed by atoms with van der Waals surface area (Å²) in [6.45, 7) is 2.98. The van der Waals surface area contributed by atoms with Crippen LogP contribution in [0.3, 0.4) is 0 Å². The van der Waals surface area contributed by atoms with Crippen molar-refractivity contribution in [2.24, 2.45) is 0 Å². The van der Waals surface area contributed by atoms with Crippen LogP contribution in [0, 0.1) is 0 Å². The molecule has 2 aromatic rings. The van der Waals surface area contributed by atoms with Gasteiger partial charge in [0.25, 0.3) is 0 Å². The molecule has 0 spiro atoms. The predicted molar refractivity (Wildman–Crippen MR) is 73.0 cm³/mol. The van der Waals surface area contributed by atoms with Crippen LogP contribution < -0.4 is 11.1 Å². The SMILES string of the molecule is CCNC(Cc1ccncc1)c1cnccc1N. The Bertz CT molecular complexity index is 484. The van der Waals surface area contributed by atoms with Crippen LogP contribution in [-0.2, 0) is 6.42 Å². The fourth-order valence-electron chi connectivity index (χ4n) is 2.00. The van der Waals surface area contributed by atoms with Gasteiger partial charge in [-0.2, -0.15) is 0 Å². The second-order valence-corrected chi connectivity index (χ2v) is 4.17. The van der Waals surface area contributed by atoms with Gasteiger partial charge in [0.05, 0.1) is 0 Å². The van der Waals surface area contributed by atoms with E-state index < -0.39 is 0 Å². The second-order valence-electron chi connectivity index (χ2n) is 4.17. The second kappa shape index (κ2) is 6.12. The van der Waals surface area contributed by atoms with E-state index in [1.54, 1.807) is 6.20 Å². The van der Waals surface area contributed by atoms with Gasteiger partial charge in [-0.25, -0.2) is 0 Å². The molecule has 18 heavy (non-hydrogen) atoms. The fraction of sp³-hybridized carbons (Fsp3) is 0.286. The van der Waals surface area contributed by atoms with Crippen LogP contribution in [0.1, 0.15) is 24.1 Å². The summed E-state index contributed by atoms with van der Waals surface area (Å²) >= 11 is 0. The average Bonchev–Trinajstić information content (AvgIpc) is 2.40. The highest BCUT2D eigenvalue weighted by Gasteiger charge is 2.13. The molecular formula is C14H18N4. The van der Waals surface area contributed by atoms with Crippen molar-refractivity contribution in [1.82, 2.24) is 15.3 Å². The van der Waals surface area contributed by atoms with Gasteiger partial charge < -0.3 is 11.1 Å². The lowest BCUT2D eigenvalue weighted by Gasteiger charge is -2.19. The summed E-state index contributed by atoms with van der Waals surface area (Å²) < 4.78 is 0. The van der Waals surface area contributed by atoms with E-state index in [2.05, 4.69) is 22.2 Å². The van der Waals surface area contributed by atoms with Crippen molar-refractivity contribution in [2.45, 2.75) is 19.4 Å². The normalized spacial score (nSPS) is 12.3. The fourth-order valence-corrected chi connectivity index (χ4v) is 2.00. The standard InChI is InChI=1S/C14H18N4/c1-2-18-14(9-11-3-6-16-7-4-11)12-10-17-8-5-13(12)15/h3-8,10,14,18H,2,9H2,1H3,(H2,15,17). The Kier molecular flexibility index (Phi) is 4.25. The summed E-state index contributed by atoms with van der Waals surface area (Å²) in [5, 5.41) is 3.45. The third-order valence-electron chi connectivity index (χ3n) is 2.90. The van der Waals surface area contributed by atoms with E-state index in [1.165, 1.54) is 5.56 Å². The zero-order valence-corrected chi connectivity index (χ0v) is 10.5. The monoisotopic (exact) mass is 242 g/mol. The summed E-state index contributed by atoms with van der Waals surface area (Å²) in [6, 6.07) is 6.08. The maximum Gasteiger partial charge on any atom is 0.0396 e. The molecular weight excluding hydrogens is 224 g/mol. The first-order chi connectivity index (χ1) is 8.81. The predicted octanol–water partition coefficient (Wildman–Crippen LogP) is 1.95. The van der Waals surface area contributed by atoms with E-state index >= 15 is 0 Å². The Labute approximate surface area is 107 Å². The molecule has 0 saturated carbocycles. The zero-order chi connectivity index (χ0) is 12.8. The first-order valence-electron chi connectivity index (χ1n) is 6.13. The molecule has 0 saturated heterocycles. The number of anilines is 1. The Morgan fingerprint density at radius 3 is 2.56 bits per heavy atom. The maximum atomic E-state index is 6.01. The van der Waals surface area contributed by atoms with Gasteiger partial charge in [-0.3, -0.25) is 9.97 Å². The lowest BCUT2D eigenvalue weighted by atomic mass is 9.99. The first-order valence-corrected chi connectivity index (χ1v) is 6.13. The molecule has 0 aliphatic heterocycles. The molecule has 1 atom stereocenters. The van der Waals surface area contributed by atoms with Gasteiger partial charge in [0.1, 0.15) is 0 Å². The number of nitrogens with two attached hydrogens (primary N) is 1. The van der Waals surface area contributed by atoms with Crippen molar-refractivity contribution < 1.29 is 0 Å². The topological polar surface area (TPSA) is 63.8 Å². The molecule has 0 aliphatic rings. The minimum Gasteiger partial charge on any atom is -0.398 e. The minimum atomic E-state index is 0.186. The largest absolute Gasteiger partial charge is 0.398 e. The summed E-state index contributed by atoms with van der Waals surface area (Å²) in [7, 11) is 0. The Morgan fingerprint density at radius 2 is 1.89 bits per heavy atom. The molecule has 0 aliphatic carbocycles. The van der Waals surface area contributed by atoms with Crippen LogP contribution in [0.2, 0.25) is 0 Å². The van der Waals surface area contributed by atoms with E-state index in [-0.39, 0.29) is 6.04 Å². The number of nitrogens with zero attached hydrogens (tertiary/aromatic N) is 2. The lowest BCUT2D eigenvalue weighted by Crippen LogP contribution is -2.24. The van der Waals surface area contributed by atoms with Crippen LogP contribution >= 0.6 is 0 Å². The number of hydrogen-bond donors (Lipinski definition) is 2. The molecule has 0 fully saturated rings. The number of hydrogen-bond acceptors (Lipinski definition) is 4. The lowest BCUT2D eigenvalue weighted by molar-refractivity contribution is 0.549. The van der Waals surface area contributed by atoms with Crippen molar-refractivity contribution in [1.29, 1.82) is 0 Å². The van der Waals surface area contributed by atoms with Crippen LogP contribution in [-0.4, -0.2) is 16.5 Å². The van der Waals surface area contributed by atoms with E-state index in [0.717, 1.165) is 24.2 Å². The van der Waals surface area contributed by atoms with Crippen LogP contribution in [0.25, 0.3) is 0 Å². The van der Waals surface area contributed by atoms with Crippen LogP contribution in [0.5, 0.6) is 0 Å². The average molecular weight is 242 g/mol. The number of nitrogens with one attached hydrogen (secondary N) is 1. The van der Waals surface area contributed by atoms with E-state index in [9.17, 15) is 0 Å². The number of aromatic nitrogens is 2. The van der Waals surface area contributed by atoms with E-state index in [1.807, 2.05) is 36.8 Å². The first kappa shape index (κ1) is 12.5. The van der Waals surface area contributed by atoms with Gasteiger partial charge in [-0.1, -0.05) is 6.92 Å². The van der Waals surface area contributed by atoms with Crippen molar-refractivity contribution in [3.8, 4) is 0 Å². The van der Waals surface area contributed by atoms with Gasteiger partial charge in [-0.05, 0) is 36.7 Å². The maximum absolute atomic E-state index is 6.01. The smallest absolute Gasteiger partial charge is 0.0396 e. The number of nitrogen functional groups attached to an aromatic ring is 1. The molecule has 2 aromatic heterocycles. The molecule has 2 rings (SSSR count). The molecule has 0 amide bonds. The van der Waals surface area contributed by atoms with Gasteiger partial charge in [0.15, 0.2) is 0 Å². The molecule has 2 heterocycles. The Balaban J connectivity index is 2.21. The Morgan fingerprint density at radius 1 is 1.17 bits per heavy atom.